The summed E-state index contributed by atoms with van der Waals surface area (Å²) < 4.78 is 5.87. The highest BCUT2D eigenvalue weighted by molar-refractivity contribution is 6.30. The Morgan fingerprint density at radius 3 is 2.77 bits per heavy atom. The minimum absolute atomic E-state index is 0.0751. The maximum Gasteiger partial charge on any atom is 0.407 e. The predicted molar refractivity (Wildman–Crippen MR) is 85.8 cm³/mol. The lowest BCUT2D eigenvalue weighted by Gasteiger charge is -2.37. The molecule has 2 aliphatic heterocycles. The molecule has 1 N–H and O–H groups in total. The van der Waals surface area contributed by atoms with E-state index in [1.807, 2.05) is 18.2 Å². The maximum absolute atomic E-state index is 11.7. The second-order valence-electron chi connectivity index (χ2n) is 7.35. The molecule has 120 valence electrons. The first-order chi connectivity index (χ1) is 10.3. The quantitative estimate of drug-likeness (QED) is 0.777. The van der Waals surface area contributed by atoms with Gasteiger partial charge in [0.15, 0.2) is 0 Å². The van der Waals surface area contributed by atoms with E-state index in [4.69, 9.17) is 16.3 Å². The molecular formula is C17H22ClNO3. The highest BCUT2D eigenvalue weighted by Crippen LogP contribution is 2.50. The summed E-state index contributed by atoms with van der Waals surface area (Å²) in [6.45, 7) is 7.50. The second kappa shape index (κ2) is 5.34. The van der Waals surface area contributed by atoms with Gasteiger partial charge in [-0.1, -0.05) is 32.4 Å². The van der Waals surface area contributed by atoms with Crippen LogP contribution >= 0.6 is 11.6 Å². The highest BCUT2D eigenvalue weighted by Gasteiger charge is 2.51. The summed E-state index contributed by atoms with van der Waals surface area (Å²) in [5.41, 5.74) is 0.903. The maximum atomic E-state index is 11.7. The molecule has 0 aliphatic carbocycles. The first-order valence-corrected chi connectivity index (χ1v) is 8.08. The number of carbonyl (C=O) groups is 1. The van der Waals surface area contributed by atoms with Crippen LogP contribution in [0.4, 0.5) is 4.79 Å². The van der Waals surface area contributed by atoms with Gasteiger partial charge < -0.3 is 14.7 Å². The lowest BCUT2D eigenvalue weighted by Crippen LogP contribution is -2.44. The van der Waals surface area contributed by atoms with Gasteiger partial charge in [-0.3, -0.25) is 0 Å². The molecule has 2 aliphatic rings. The van der Waals surface area contributed by atoms with E-state index in [9.17, 15) is 9.90 Å². The number of carboxylic acid groups (broad SMARTS) is 1. The Balaban J connectivity index is 2.13. The fourth-order valence-corrected chi connectivity index (χ4v) is 4.24. The molecule has 0 radical (unpaired) electrons. The summed E-state index contributed by atoms with van der Waals surface area (Å²) in [5, 5.41) is 10.3. The smallest absolute Gasteiger partial charge is 0.407 e. The molecule has 1 unspecified atom stereocenters. The highest BCUT2D eigenvalue weighted by atomic mass is 35.5. The van der Waals surface area contributed by atoms with Crippen LogP contribution < -0.4 is 4.74 Å². The molecule has 1 aromatic rings. The number of nitrogens with zero attached hydrogens (tertiary/aromatic N) is 1. The van der Waals surface area contributed by atoms with Crippen molar-refractivity contribution in [3.05, 3.63) is 28.8 Å². The average molecular weight is 324 g/mol. The minimum atomic E-state index is -0.836. The summed E-state index contributed by atoms with van der Waals surface area (Å²) in [7, 11) is 0. The van der Waals surface area contributed by atoms with Crippen LogP contribution in [0.25, 0.3) is 0 Å². The lowest BCUT2D eigenvalue weighted by molar-refractivity contribution is 0.101. The van der Waals surface area contributed by atoms with Crippen molar-refractivity contribution in [2.45, 2.75) is 39.2 Å². The monoisotopic (exact) mass is 323 g/mol. The molecule has 1 fully saturated rings. The molecule has 2 heterocycles. The number of ether oxygens (including phenoxy) is 1. The van der Waals surface area contributed by atoms with E-state index < -0.39 is 6.09 Å². The molecule has 0 aromatic heterocycles. The van der Waals surface area contributed by atoms with Gasteiger partial charge in [0.1, 0.15) is 5.75 Å². The van der Waals surface area contributed by atoms with Crippen LogP contribution in [-0.4, -0.2) is 35.3 Å². The third-order valence-electron chi connectivity index (χ3n) is 4.83. The fraction of sp³-hybridized carbons (Fsp3) is 0.588. The molecule has 1 aromatic carbocycles. The molecular weight excluding hydrogens is 302 g/mol. The normalized spacial score (nSPS) is 27.6. The second-order valence-corrected chi connectivity index (χ2v) is 7.79. The number of rotatable bonds is 0. The van der Waals surface area contributed by atoms with Crippen LogP contribution in [0.15, 0.2) is 18.2 Å². The van der Waals surface area contributed by atoms with Crippen molar-refractivity contribution in [3.8, 4) is 5.75 Å². The average Bonchev–Trinajstić information content (AvgIpc) is 2.72. The van der Waals surface area contributed by atoms with E-state index in [2.05, 4.69) is 20.8 Å². The standard InChI is InChI=1S/C17H22ClNO3/c1-17(2,3)15-14-10(9-19(15)16(20)21)6-7-22-13-5-4-11(18)8-12(13)14/h4-5,8,10,14-15H,6-7,9H2,1-3H3,(H,20,21)/t10-,14-,15?/m0/s1. The molecule has 0 spiro atoms. The lowest BCUT2D eigenvalue weighted by atomic mass is 9.73. The van der Waals surface area contributed by atoms with Crippen LogP contribution in [0.3, 0.4) is 0 Å². The number of hydrogen-bond acceptors (Lipinski definition) is 2. The van der Waals surface area contributed by atoms with E-state index in [0.29, 0.717) is 18.2 Å². The number of benzene rings is 1. The van der Waals surface area contributed by atoms with Crippen LogP contribution in [0.5, 0.6) is 5.75 Å². The van der Waals surface area contributed by atoms with Crippen molar-refractivity contribution >= 4 is 17.7 Å². The Bertz CT molecular complexity index is 596. The van der Waals surface area contributed by atoms with Crippen molar-refractivity contribution in [1.29, 1.82) is 0 Å². The summed E-state index contributed by atoms with van der Waals surface area (Å²) in [4.78, 5) is 13.4. The first kappa shape index (κ1) is 15.5. The van der Waals surface area contributed by atoms with Crippen LogP contribution in [-0.2, 0) is 0 Å². The largest absolute Gasteiger partial charge is 0.493 e. The molecule has 3 rings (SSSR count). The van der Waals surface area contributed by atoms with Crippen molar-refractivity contribution in [2.75, 3.05) is 13.2 Å². The Labute approximate surface area is 136 Å². The van der Waals surface area contributed by atoms with Crippen molar-refractivity contribution in [1.82, 2.24) is 4.90 Å². The summed E-state index contributed by atoms with van der Waals surface area (Å²) in [6.07, 6.45) is 0.0327. The molecule has 1 saturated heterocycles. The van der Waals surface area contributed by atoms with E-state index in [-0.39, 0.29) is 23.3 Å². The summed E-state index contributed by atoms with van der Waals surface area (Å²) in [5.74, 6) is 1.26. The van der Waals surface area contributed by atoms with Gasteiger partial charge in [-0.2, -0.15) is 0 Å². The Kier molecular flexibility index (Phi) is 3.76. The van der Waals surface area contributed by atoms with E-state index in [1.165, 1.54) is 0 Å². The number of likely N-dealkylation sites (tertiary alicyclic amines) is 1. The van der Waals surface area contributed by atoms with E-state index in [0.717, 1.165) is 17.7 Å². The molecule has 3 atom stereocenters. The van der Waals surface area contributed by atoms with Gasteiger partial charge in [-0.15, -0.1) is 0 Å². The Hall–Kier alpha value is -1.42. The number of hydrogen-bond donors (Lipinski definition) is 1. The Morgan fingerprint density at radius 2 is 2.14 bits per heavy atom. The molecule has 4 nitrogen and oxygen atoms in total. The molecule has 5 heteroatoms. The predicted octanol–water partition coefficient (Wildman–Crippen LogP) is 4.23. The topological polar surface area (TPSA) is 49.8 Å². The van der Waals surface area contributed by atoms with Crippen LogP contribution in [0.2, 0.25) is 5.02 Å². The zero-order chi connectivity index (χ0) is 16.1. The Morgan fingerprint density at radius 1 is 1.41 bits per heavy atom. The molecule has 0 saturated carbocycles. The number of amides is 1. The fourth-order valence-electron chi connectivity index (χ4n) is 4.06. The third kappa shape index (κ3) is 2.54. The minimum Gasteiger partial charge on any atom is -0.493 e. The van der Waals surface area contributed by atoms with Crippen LogP contribution in [0.1, 0.15) is 38.7 Å². The van der Waals surface area contributed by atoms with Crippen molar-refractivity contribution in [2.24, 2.45) is 11.3 Å². The molecule has 22 heavy (non-hydrogen) atoms. The summed E-state index contributed by atoms with van der Waals surface area (Å²) >= 11 is 6.20. The zero-order valence-electron chi connectivity index (χ0n) is 13.2. The zero-order valence-corrected chi connectivity index (χ0v) is 13.9. The number of halogens is 1. The molecule has 1 amide bonds. The van der Waals surface area contributed by atoms with Gasteiger partial charge in [0.25, 0.3) is 0 Å². The molecule has 0 bridgehead atoms. The van der Waals surface area contributed by atoms with Gasteiger partial charge >= 0.3 is 6.09 Å². The van der Waals surface area contributed by atoms with Crippen LogP contribution in [0, 0.1) is 11.3 Å². The number of fused-ring (bicyclic) bond motifs is 3. The third-order valence-corrected chi connectivity index (χ3v) is 5.06. The van der Waals surface area contributed by atoms with Gasteiger partial charge in [-0.25, -0.2) is 4.79 Å². The van der Waals surface area contributed by atoms with Crippen molar-refractivity contribution < 1.29 is 14.6 Å². The van der Waals surface area contributed by atoms with Gasteiger partial charge in [0.2, 0.25) is 0 Å². The summed E-state index contributed by atoms with van der Waals surface area (Å²) in [6, 6.07) is 5.61. The van der Waals surface area contributed by atoms with E-state index >= 15 is 0 Å². The first-order valence-electron chi connectivity index (χ1n) is 7.71. The SMILES string of the molecule is CC(C)(C)C1[C@@H]2c3cc(Cl)ccc3OCC[C@H]2CN1C(=O)O. The van der Waals surface area contributed by atoms with Gasteiger partial charge in [0, 0.05) is 29.1 Å². The van der Waals surface area contributed by atoms with Gasteiger partial charge in [-0.05, 0) is 36.0 Å². The van der Waals surface area contributed by atoms with Crippen molar-refractivity contribution in [3.63, 3.8) is 0 Å². The van der Waals surface area contributed by atoms with E-state index in [1.54, 1.807) is 4.90 Å². The van der Waals surface area contributed by atoms with Gasteiger partial charge in [0.05, 0.1) is 6.61 Å².